The minimum absolute atomic E-state index is 0.0117. The van der Waals surface area contributed by atoms with Crippen LogP contribution in [0, 0.1) is 0 Å². The van der Waals surface area contributed by atoms with E-state index in [-0.39, 0.29) is 36.1 Å². The number of benzene rings is 2. The minimum Gasteiger partial charge on any atom is -0.507 e. The predicted molar refractivity (Wildman–Crippen MR) is 114 cm³/mol. The number of nitrogens with one attached hydrogen (secondary N) is 1. The molecule has 0 saturated carbocycles. The summed E-state index contributed by atoms with van der Waals surface area (Å²) in [7, 11) is 0. The fourth-order valence-corrected chi connectivity index (χ4v) is 2.77. The lowest BCUT2D eigenvalue weighted by Crippen LogP contribution is -2.28. The maximum absolute atomic E-state index is 12.3. The largest absolute Gasteiger partial charge is 0.507 e. The first-order valence-electron chi connectivity index (χ1n) is 9.70. The molecular formula is C23H23N3O5. The van der Waals surface area contributed by atoms with Gasteiger partial charge in [-0.25, -0.2) is 4.98 Å². The first-order chi connectivity index (χ1) is 15.0. The Kier molecular flexibility index (Phi) is 7.42. The van der Waals surface area contributed by atoms with Gasteiger partial charge in [-0.2, -0.15) is 0 Å². The highest BCUT2D eigenvalue weighted by atomic mass is 16.5. The van der Waals surface area contributed by atoms with E-state index in [1.807, 2.05) is 30.3 Å². The molecule has 0 saturated heterocycles. The number of nitrogens with two attached hydrogens (primary N) is 1. The molecule has 3 aromatic rings. The van der Waals surface area contributed by atoms with Crippen molar-refractivity contribution in [3.63, 3.8) is 0 Å². The first kappa shape index (κ1) is 21.6. The Labute approximate surface area is 179 Å². The molecular weight excluding hydrogens is 398 g/mol. The third-order valence-corrected chi connectivity index (χ3v) is 4.33. The lowest BCUT2D eigenvalue weighted by molar-refractivity contribution is 0.0939. The van der Waals surface area contributed by atoms with Crippen LogP contribution in [0.15, 0.2) is 66.7 Å². The van der Waals surface area contributed by atoms with Crippen LogP contribution in [0.3, 0.4) is 0 Å². The van der Waals surface area contributed by atoms with E-state index >= 15 is 0 Å². The average Bonchev–Trinajstić information content (AvgIpc) is 2.77. The van der Waals surface area contributed by atoms with Gasteiger partial charge < -0.3 is 25.6 Å². The second-order valence-corrected chi connectivity index (χ2v) is 6.59. The summed E-state index contributed by atoms with van der Waals surface area (Å²) in [4.78, 5) is 27.6. The van der Waals surface area contributed by atoms with Crippen molar-refractivity contribution < 1.29 is 24.2 Å². The molecule has 31 heavy (non-hydrogen) atoms. The molecule has 2 amide bonds. The molecule has 0 aliphatic carbocycles. The number of aromatic nitrogens is 1. The number of amides is 2. The number of carbonyl (C=O) groups is 2. The maximum atomic E-state index is 12.3. The van der Waals surface area contributed by atoms with E-state index in [1.54, 1.807) is 18.2 Å². The van der Waals surface area contributed by atoms with Crippen LogP contribution in [-0.2, 0) is 6.42 Å². The Morgan fingerprint density at radius 2 is 1.77 bits per heavy atom. The number of phenols is 1. The molecule has 8 heteroatoms. The summed E-state index contributed by atoms with van der Waals surface area (Å²) in [6.07, 6.45) is 0.742. The number of nitrogens with zero attached hydrogens (tertiary/aromatic N) is 1. The molecule has 1 heterocycles. The van der Waals surface area contributed by atoms with Crippen LogP contribution in [0.2, 0.25) is 0 Å². The Balaban J connectivity index is 1.43. The van der Waals surface area contributed by atoms with Crippen LogP contribution >= 0.6 is 0 Å². The molecule has 2 aromatic carbocycles. The molecule has 0 aliphatic heterocycles. The van der Waals surface area contributed by atoms with Gasteiger partial charge in [0.2, 0.25) is 5.88 Å². The smallest absolute Gasteiger partial charge is 0.270 e. The third kappa shape index (κ3) is 6.46. The number of aromatic hydroxyl groups is 1. The van der Waals surface area contributed by atoms with Crippen molar-refractivity contribution in [2.75, 3.05) is 19.8 Å². The highest BCUT2D eigenvalue weighted by molar-refractivity contribution is 5.95. The van der Waals surface area contributed by atoms with Crippen molar-refractivity contribution in [1.82, 2.24) is 10.3 Å². The molecule has 0 spiro atoms. The topological polar surface area (TPSA) is 124 Å². The van der Waals surface area contributed by atoms with E-state index in [9.17, 15) is 14.7 Å². The number of carbonyl (C=O) groups excluding carboxylic acids is 2. The van der Waals surface area contributed by atoms with Crippen molar-refractivity contribution in [1.29, 1.82) is 0 Å². The normalized spacial score (nSPS) is 10.3. The molecule has 0 bridgehead atoms. The van der Waals surface area contributed by atoms with Gasteiger partial charge in [-0.1, -0.05) is 36.4 Å². The third-order valence-electron chi connectivity index (χ3n) is 4.33. The Hall–Kier alpha value is -4.07. The van der Waals surface area contributed by atoms with Gasteiger partial charge in [-0.15, -0.1) is 0 Å². The van der Waals surface area contributed by atoms with E-state index in [0.717, 1.165) is 12.0 Å². The molecule has 4 N–H and O–H groups in total. The van der Waals surface area contributed by atoms with Crippen LogP contribution in [0.5, 0.6) is 17.4 Å². The Bertz CT molecular complexity index is 1040. The molecule has 0 atom stereocenters. The van der Waals surface area contributed by atoms with Crippen molar-refractivity contribution in [2.45, 2.75) is 6.42 Å². The second kappa shape index (κ2) is 10.6. The van der Waals surface area contributed by atoms with Gasteiger partial charge in [0.1, 0.15) is 23.8 Å². The number of primary amides is 1. The SMILES string of the molecule is NC(=O)c1ccc(OCCNC(=O)c2cccc(OCCc3ccccc3)n2)cc1O. The van der Waals surface area contributed by atoms with Gasteiger partial charge in [0.15, 0.2) is 0 Å². The molecule has 0 aliphatic rings. The van der Waals surface area contributed by atoms with Gasteiger partial charge in [0, 0.05) is 18.6 Å². The number of rotatable bonds is 10. The van der Waals surface area contributed by atoms with Gasteiger partial charge in [-0.3, -0.25) is 9.59 Å². The molecule has 1 aromatic heterocycles. The zero-order valence-electron chi connectivity index (χ0n) is 16.8. The Morgan fingerprint density at radius 1 is 0.968 bits per heavy atom. The van der Waals surface area contributed by atoms with E-state index in [1.165, 1.54) is 18.2 Å². The highest BCUT2D eigenvalue weighted by Crippen LogP contribution is 2.23. The fraction of sp³-hybridized carbons (Fsp3) is 0.174. The summed E-state index contributed by atoms with van der Waals surface area (Å²) < 4.78 is 11.1. The molecule has 3 rings (SSSR count). The Morgan fingerprint density at radius 3 is 2.52 bits per heavy atom. The van der Waals surface area contributed by atoms with Crippen LogP contribution < -0.4 is 20.5 Å². The van der Waals surface area contributed by atoms with E-state index in [2.05, 4.69) is 10.3 Å². The highest BCUT2D eigenvalue weighted by Gasteiger charge is 2.10. The number of hydrogen-bond acceptors (Lipinski definition) is 6. The van der Waals surface area contributed by atoms with Crippen LogP contribution in [-0.4, -0.2) is 41.7 Å². The van der Waals surface area contributed by atoms with E-state index < -0.39 is 5.91 Å². The van der Waals surface area contributed by atoms with E-state index in [0.29, 0.717) is 18.2 Å². The number of hydrogen-bond donors (Lipinski definition) is 3. The van der Waals surface area contributed by atoms with Crippen LogP contribution in [0.1, 0.15) is 26.4 Å². The summed E-state index contributed by atoms with van der Waals surface area (Å²) in [6, 6.07) is 19.1. The van der Waals surface area contributed by atoms with Crippen LogP contribution in [0.25, 0.3) is 0 Å². The fourth-order valence-electron chi connectivity index (χ4n) is 2.77. The summed E-state index contributed by atoms with van der Waals surface area (Å²) in [5.74, 6) is -0.616. The standard InChI is InChI=1S/C23H23N3O5/c24-22(28)18-10-9-17(15-20(18)27)30-14-12-25-23(29)19-7-4-8-21(26-19)31-13-11-16-5-2-1-3-6-16/h1-10,15,27H,11-14H2,(H2,24,28)(H,25,29). The first-order valence-corrected chi connectivity index (χ1v) is 9.70. The van der Waals surface area contributed by atoms with Crippen molar-refractivity contribution in [3.05, 3.63) is 83.6 Å². The van der Waals surface area contributed by atoms with Crippen molar-refractivity contribution in [3.8, 4) is 17.4 Å². The molecule has 0 radical (unpaired) electrons. The minimum atomic E-state index is -0.727. The summed E-state index contributed by atoms with van der Waals surface area (Å²) in [5.41, 5.74) is 6.55. The molecule has 0 unspecified atom stereocenters. The maximum Gasteiger partial charge on any atom is 0.270 e. The van der Waals surface area contributed by atoms with Gasteiger partial charge >= 0.3 is 0 Å². The lowest BCUT2D eigenvalue weighted by atomic mass is 10.2. The van der Waals surface area contributed by atoms with Gasteiger partial charge in [0.05, 0.1) is 18.7 Å². The van der Waals surface area contributed by atoms with Crippen LogP contribution in [0.4, 0.5) is 0 Å². The molecule has 0 fully saturated rings. The monoisotopic (exact) mass is 421 g/mol. The molecule has 8 nitrogen and oxygen atoms in total. The number of ether oxygens (including phenoxy) is 2. The zero-order chi connectivity index (χ0) is 22.1. The van der Waals surface area contributed by atoms with Crippen molar-refractivity contribution >= 4 is 11.8 Å². The quantitative estimate of drug-likeness (QED) is 0.432. The predicted octanol–water partition coefficient (Wildman–Crippen LogP) is 2.32. The zero-order valence-corrected chi connectivity index (χ0v) is 16.8. The van der Waals surface area contributed by atoms with Gasteiger partial charge in [-0.05, 0) is 23.8 Å². The summed E-state index contributed by atoms with van der Waals surface area (Å²) >= 11 is 0. The van der Waals surface area contributed by atoms with E-state index in [4.69, 9.17) is 15.2 Å². The lowest BCUT2D eigenvalue weighted by Gasteiger charge is -2.10. The summed E-state index contributed by atoms with van der Waals surface area (Å²) in [6.45, 7) is 0.837. The summed E-state index contributed by atoms with van der Waals surface area (Å²) in [5, 5.41) is 12.4. The number of pyridine rings is 1. The van der Waals surface area contributed by atoms with Gasteiger partial charge in [0.25, 0.3) is 11.8 Å². The second-order valence-electron chi connectivity index (χ2n) is 6.59. The average molecular weight is 421 g/mol. The van der Waals surface area contributed by atoms with Crippen molar-refractivity contribution in [2.24, 2.45) is 5.73 Å². The molecule has 160 valence electrons.